The first-order valence-corrected chi connectivity index (χ1v) is 6.81. The van der Waals surface area contributed by atoms with Crippen LogP contribution in [0.3, 0.4) is 0 Å². The second-order valence-electron chi connectivity index (χ2n) is 4.98. The fraction of sp³-hybridized carbons (Fsp3) is 0.714. The number of ether oxygens (including phenoxy) is 1. The van der Waals surface area contributed by atoms with Gasteiger partial charge in [-0.2, -0.15) is 0 Å². The summed E-state index contributed by atoms with van der Waals surface area (Å²) in [6, 6.07) is 0. The predicted molar refractivity (Wildman–Crippen MR) is 70.2 cm³/mol. The monoisotopic (exact) mass is 264 g/mol. The molecule has 5 heteroatoms. The van der Waals surface area contributed by atoms with E-state index in [0.717, 1.165) is 19.6 Å². The summed E-state index contributed by atoms with van der Waals surface area (Å²) in [4.78, 5) is 26.7. The molecule has 1 amide bonds. The number of nitrogens with zero attached hydrogens (tertiary/aromatic N) is 2. The molecule has 2 fully saturated rings. The highest BCUT2D eigenvalue weighted by Crippen LogP contribution is 2.14. The number of likely N-dealkylation sites (tertiary alicyclic amines) is 2. The van der Waals surface area contributed by atoms with Gasteiger partial charge in [0.1, 0.15) is 0 Å². The summed E-state index contributed by atoms with van der Waals surface area (Å²) in [6.45, 7) is 5.43. The lowest BCUT2D eigenvalue weighted by Crippen LogP contribution is -2.32. The maximum Gasteiger partial charge on any atom is 0.303 e. The maximum absolute atomic E-state index is 11.9. The summed E-state index contributed by atoms with van der Waals surface area (Å²) in [5.74, 6) is 5.61. The Morgan fingerprint density at radius 2 is 1.95 bits per heavy atom. The van der Waals surface area contributed by atoms with Crippen molar-refractivity contribution in [2.45, 2.75) is 32.3 Å². The van der Waals surface area contributed by atoms with Crippen LogP contribution in [0.1, 0.15) is 26.2 Å². The van der Waals surface area contributed by atoms with Gasteiger partial charge in [0.15, 0.2) is 6.10 Å². The minimum absolute atomic E-state index is 0.120. The number of amides is 1. The fourth-order valence-corrected chi connectivity index (χ4v) is 2.44. The van der Waals surface area contributed by atoms with Crippen LogP contribution < -0.4 is 0 Å². The molecule has 0 bridgehead atoms. The topological polar surface area (TPSA) is 49.9 Å². The average molecular weight is 264 g/mol. The minimum atomic E-state index is -0.599. The van der Waals surface area contributed by atoms with Crippen molar-refractivity contribution in [3.05, 3.63) is 0 Å². The van der Waals surface area contributed by atoms with E-state index >= 15 is 0 Å². The zero-order chi connectivity index (χ0) is 13.7. The summed E-state index contributed by atoms with van der Waals surface area (Å²) < 4.78 is 4.95. The molecule has 0 saturated carbocycles. The number of carbonyl (C=O) groups is 2. The molecule has 1 atom stereocenters. The van der Waals surface area contributed by atoms with Gasteiger partial charge in [0, 0.05) is 19.9 Å². The molecule has 0 aliphatic carbocycles. The van der Waals surface area contributed by atoms with E-state index in [4.69, 9.17) is 4.74 Å². The smallest absolute Gasteiger partial charge is 0.303 e. The van der Waals surface area contributed by atoms with Gasteiger partial charge in [0.25, 0.3) is 5.91 Å². The summed E-state index contributed by atoms with van der Waals surface area (Å²) in [5.41, 5.74) is 0. The van der Waals surface area contributed by atoms with Gasteiger partial charge in [-0.1, -0.05) is 11.8 Å². The highest BCUT2D eigenvalue weighted by molar-refractivity contribution is 5.85. The lowest BCUT2D eigenvalue weighted by molar-refractivity contribution is -0.154. The van der Waals surface area contributed by atoms with Gasteiger partial charge in [-0.15, -0.1) is 0 Å². The van der Waals surface area contributed by atoms with Crippen LogP contribution in [0, 0.1) is 11.8 Å². The third-order valence-electron chi connectivity index (χ3n) is 3.45. The van der Waals surface area contributed by atoms with Crippen molar-refractivity contribution in [2.75, 3.05) is 32.7 Å². The van der Waals surface area contributed by atoms with Crippen LogP contribution in [-0.2, 0) is 14.3 Å². The maximum atomic E-state index is 11.9. The van der Waals surface area contributed by atoms with E-state index in [1.807, 2.05) is 0 Å². The normalized spacial score (nSPS) is 23.3. The molecule has 0 N–H and O–H groups in total. The highest BCUT2D eigenvalue weighted by Gasteiger charge is 2.33. The van der Waals surface area contributed by atoms with Crippen molar-refractivity contribution >= 4 is 11.9 Å². The molecule has 0 spiro atoms. The number of hydrogen-bond donors (Lipinski definition) is 0. The van der Waals surface area contributed by atoms with Gasteiger partial charge in [0.05, 0.1) is 13.1 Å². The molecular formula is C14H20N2O3. The van der Waals surface area contributed by atoms with Gasteiger partial charge in [0.2, 0.25) is 0 Å². The summed E-state index contributed by atoms with van der Waals surface area (Å²) >= 11 is 0. The molecule has 5 nitrogen and oxygen atoms in total. The predicted octanol–water partition coefficient (Wildman–Crippen LogP) is 0.250. The number of rotatable bonds is 3. The number of esters is 1. The van der Waals surface area contributed by atoms with E-state index in [2.05, 4.69) is 16.7 Å². The van der Waals surface area contributed by atoms with Crippen molar-refractivity contribution in [3.8, 4) is 11.8 Å². The van der Waals surface area contributed by atoms with Gasteiger partial charge < -0.3 is 9.64 Å². The van der Waals surface area contributed by atoms with E-state index in [0.29, 0.717) is 19.5 Å². The second kappa shape index (κ2) is 6.58. The number of carbonyl (C=O) groups excluding carboxylic acids is 2. The summed E-state index contributed by atoms with van der Waals surface area (Å²) in [5, 5.41) is 0. The lowest BCUT2D eigenvalue weighted by Gasteiger charge is -2.13. The standard InChI is InChI=1S/C14H20N2O3/c1-12(17)19-13-6-11-16(14(13)18)10-5-4-9-15-7-2-3-8-15/h13H,2-3,6-11H2,1H3/t13-/m0/s1. The minimum Gasteiger partial charge on any atom is -0.452 e. The largest absolute Gasteiger partial charge is 0.452 e. The van der Waals surface area contributed by atoms with Gasteiger partial charge in [-0.05, 0) is 25.9 Å². The van der Waals surface area contributed by atoms with Crippen molar-refractivity contribution in [1.82, 2.24) is 9.80 Å². The van der Waals surface area contributed by atoms with E-state index in [9.17, 15) is 9.59 Å². The van der Waals surface area contributed by atoms with Crippen LogP contribution in [0.2, 0.25) is 0 Å². The Kier molecular flexibility index (Phi) is 4.80. The van der Waals surface area contributed by atoms with Gasteiger partial charge in [-0.25, -0.2) is 0 Å². The average Bonchev–Trinajstić information content (AvgIpc) is 2.98. The molecule has 0 aromatic rings. The first-order valence-electron chi connectivity index (χ1n) is 6.81. The molecule has 0 aromatic carbocycles. The summed E-state index contributed by atoms with van der Waals surface area (Å²) in [7, 11) is 0. The molecule has 2 aliphatic heterocycles. The van der Waals surface area contributed by atoms with Crippen molar-refractivity contribution in [2.24, 2.45) is 0 Å². The van der Waals surface area contributed by atoms with Crippen LogP contribution in [0.4, 0.5) is 0 Å². The Morgan fingerprint density at radius 3 is 2.63 bits per heavy atom. The van der Waals surface area contributed by atoms with Crippen LogP contribution in [0.5, 0.6) is 0 Å². The first kappa shape index (κ1) is 13.9. The van der Waals surface area contributed by atoms with Gasteiger partial charge in [-0.3, -0.25) is 14.5 Å². The van der Waals surface area contributed by atoms with Crippen LogP contribution in [-0.4, -0.2) is 60.5 Å². The Hall–Kier alpha value is -1.54. The van der Waals surface area contributed by atoms with E-state index in [1.54, 1.807) is 4.90 Å². The molecule has 104 valence electrons. The molecule has 2 aliphatic rings. The lowest BCUT2D eigenvalue weighted by atomic mass is 10.3. The fourth-order valence-electron chi connectivity index (χ4n) is 2.44. The van der Waals surface area contributed by atoms with Crippen LogP contribution in [0.25, 0.3) is 0 Å². The summed E-state index contributed by atoms with van der Waals surface area (Å²) in [6.07, 6.45) is 2.50. The van der Waals surface area contributed by atoms with Crippen molar-refractivity contribution in [1.29, 1.82) is 0 Å². The van der Waals surface area contributed by atoms with Crippen molar-refractivity contribution < 1.29 is 14.3 Å². The van der Waals surface area contributed by atoms with E-state index in [-0.39, 0.29) is 5.91 Å². The Bertz CT molecular complexity index is 405. The second-order valence-corrected chi connectivity index (χ2v) is 4.98. The SMILES string of the molecule is CC(=O)O[C@H]1CCN(CC#CCN2CCCC2)C1=O. The molecule has 19 heavy (non-hydrogen) atoms. The van der Waals surface area contributed by atoms with Crippen LogP contribution in [0.15, 0.2) is 0 Å². The van der Waals surface area contributed by atoms with Gasteiger partial charge >= 0.3 is 5.97 Å². The zero-order valence-electron chi connectivity index (χ0n) is 11.4. The van der Waals surface area contributed by atoms with Crippen LogP contribution >= 0.6 is 0 Å². The Labute approximate surface area is 113 Å². The molecule has 2 saturated heterocycles. The van der Waals surface area contributed by atoms with E-state index in [1.165, 1.54) is 19.8 Å². The highest BCUT2D eigenvalue weighted by atomic mass is 16.5. The molecule has 0 radical (unpaired) electrons. The molecular weight excluding hydrogens is 244 g/mol. The first-order chi connectivity index (χ1) is 9.16. The Balaban J connectivity index is 1.73. The molecule has 2 rings (SSSR count). The van der Waals surface area contributed by atoms with Crippen molar-refractivity contribution in [3.63, 3.8) is 0 Å². The molecule has 2 heterocycles. The zero-order valence-corrected chi connectivity index (χ0v) is 11.4. The third-order valence-corrected chi connectivity index (χ3v) is 3.45. The number of hydrogen-bond acceptors (Lipinski definition) is 4. The van der Waals surface area contributed by atoms with E-state index < -0.39 is 12.1 Å². The quantitative estimate of drug-likeness (QED) is 0.541. The Morgan fingerprint density at radius 1 is 1.26 bits per heavy atom. The third kappa shape index (κ3) is 3.97. The molecule has 0 unspecified atom stereocenters. The molecule has 0 aromatic heterocycles.